The van der Waals surface area contributed by atoms with Crippen molar-refractivity contribution >= 4 is 17.7 Å². The summed E-state index contributed by atoms with van der Waals surface area (Å²) in [5, 5.41) is 11.7. The van der Waals surface area contributed by atoms with Gasteiger partial charge in [-0.1, -0.05) is 91.0 Å². The van der Waals surface area contributed by atoms with Crippen molar-refractivity contribution in [3.8, 4) is 0 Å². The van der Waals surface area contributed by atoms with E-state index in [1.165, 1.54) is 0 Å². The maximum Gasteiger partial charge on any atom is 0.264 e. The topological polar surface area (TPSA) is 40.5 Å². The summed E-state index contributed by atoms with van der Waals surface area (Å²) in [4.78, 5) is 14.7. The Bertz CT molecular complexity index is 982. The van der Waals surface area contributed by atoms with Crippen LogP contribution in [-0.4, -0.2) is 18.1 Å². The summed E-state index contributed by atoms with van der Waals surface area (Å²) in [5.41, 5.74) is 1.67. The highest BCUT2D eigenvalue weighted by Crippen LogP contribution is 2.48. The molecular weight excluding hydrogens is 334 g/mol. The highest BCUT2D eigenvalue weighted by Gasteiger charge is 2.53. The Morgan fingerprint density at radius 1 is 0.889 bits per heavy atom. The van der Waals surface area contributed by atoms with Crippen LogP contribution in [0.4, 0.5) is 5.69 Å². The summed E-state index contributed by atoms with van der Waals surface area (Å²) in [6.07, 6.45) is 3.89. The molecule has 1 amide bonds. The Hall–Kier alpha value is -3.17. The molecular formula is C24H21NO2. The predicted molar refractivity (Wildman–Crippen MR) is 108 cm³/mol. The van der Waals surface area contributed by atoms with Gasteiger partial charge < -0.3 is 10.0 Å². The highest BCUT2D eigenvalue weighted by molar-refractivity contribution is 6.07. The highest BCUT2D eigenvalue weighted by atomic mass is 16.3. The minimum absolute atomic E-state index is 0.310. The third-order valence-corrected chi connectivity index (χ3v) is 5.20. The molecule has 0 aliphatic carbocycles. The van der Waals surface area contributed by atoms with E-state index in [1.807, 2.05) is 97.1 Å². The van der Waals surface area contributed by atoms with Crippen LogP contribution in [0.15, 0.2) is 91.0 Å². The average molecular weight is 355 g/mol. The van der Waals surface area contributed by atoms with E-state index in [1.54, 1.807) is 11.9 Å². The van der Waals surface area contributed by atoms with Gasteiger partial charge in [0, 0.05) is 18.5 Å². The normalized spacial score (nSPS) is 20.1. The van der Waals surface area contributed by atoms with Crippen LogP contribution in [0.1, 0.15) is 22.6 Å². The van der Waals surface area contributed by atoms with Gasteiger partial charge in [0.05, 0.1) is 5.69 Å². The minimum atomic E-state index is -1.64. The SMILES string of the molecule is CN1C(=O)[C@](O)([C@@H](/C=C/c2ccccc2)c2ccccc2)c2ccccc21. The Kier molecular flexibility index (Phi) is 4.38. The Morgan fingerprint density at radius 3 is 2.19 bits per heavy atom. The van der Waals surface area contributed by atoms with E-state index in [2.05, 4.69) is 0 Å². The van der Waals surface area contributed by atoms with Crippen molar-refractivity contribution in [3.05, 3.63) is 108 Å². The van der Waals surface area contributed by atoms with E-state index in [0.29, 0.717) is 5.56 Å². The van der Waals surface area contributed by atoms with E-state index in [0.717, 1.165) is 16.8 Å². The lowest BCUT2D eigenvalue weighted by atomic mass is 9.77. The summed E-state index contributed by atoms with van der Waals surface area (Å²) >= 11 is 0. The van der Waals surface area contributed by atoms with Gasteiger partial charge >= 0.3 is 0 Å². The lowest BCUT2D eigenvalue weighted by molar-refractivity contribution is -0.137. The molecule has 1 N–H and O–H groups in total. The average Bonchev–Trinajstić information content (AvgIpc) is 2.92. The maximum absolute atomic E-state index is 13.2. The first kappa shape index (κ1) is 17.3. The number of aliphatic hydroxyl groups is 1. The van der Waals surface area contributed by atoms with Crippen molar-refractivity contribution in [1.82, 2.24) is 0 Å². The number of hydrogen-bond acceptors (Lipinski definition) is 2. The maximum atomic E-state index is 13.2. The van der Waals surface area contributed by atoms with Crippen LogP contribution in [0.25, 0.3) is 6.08 Å². The molecule has 3 aromatic carbocycles. The molecule has 1 aliphatic rings. The van der Waals surface area contributed by atoms with E-state index >= 15 is 0 Å². The fourth-order valence-electron chi connectivity index (χ4n) is 3.79. The van der Waals surface area contributed by atoms with E-state index in [9.17, 15) is 9.90 Å². The quantitative estimate of drug-likeness (QED) is 0.756. The van der Waals surface area contributed by atoms with Crippen LogP contribution in [0.5, 0.6) is 0 Å². The van der Waals surface area contributed by atoms with E-state index in [-0.39, 0.29) is 5.91 Å². The van der Waals surface area contributed by atoms with Gasteiger partial charge in [-0.2, -0.15) is 0 Å². The molecule has 3 heteroatoms. The molecule has 134 valence electrons. The van der Waals surface area contributed by atoms with E-state index < -0.39 is 11.5 Å². The van der Waals surface area contributed by atoms with Crippen molar-refractivity contribution < 1.29 is 9.90 Å². The van der Waals surface area contributed by atoms with Crippen LogP contribution in [0.2, 0.25) is 0 Å². The second-order valence-electron chi connectivity index (χ2n) is 6.81. The minimum Gasteiger partial charge on any atom is -0.374 e. The van der Waals surface area contributed by atoms with Crippen LogP contribution in [-0.2, 0) is 10.4 Å². The number of anilines is 1. The number of hydrogen-bond donors (Lipinski definition) is 1. The molecule has 27 heavy (non-hydrogen) atoms. The summed E-state index contributed by atoms with van der Waals surface area (Å²) < 4.78 is 0. The first-order valence-electron chi connectivity index (χ1n) is 9.00. The lowest BCUT2D eigenvalue weighted by Crippen LogP contribution is -2.42. The second-order valence-corrected chi connectivity index (χ2v) is 6.81. The second kappa shape index (κ2) is 6.86. The fraction of sp³-hybridized carbons (Fsp3) is 0.125. The molecule has 0 saturated heterocycles. The predicted octanol–water partition coefficient (Wildman–Crippen LogP) is 4.35. The number of para-hydroxylation sites is 1. The summed E-state index contributed by atoms with van der Waals surface area (Å²) in [5.74, 6) is -0.812. The Morgan fingerprint density at radius 2 is 1.48 bits per heavy atom. The Labute approximate surface area is 159 Å². The van der Waals surface area contributed by atoms with E-state index in [4.69, 9.17) is 0 Å². The number of nitrogens with zero attached hydrogens (tertiary/aromatic N) is 1. The molecule has 0 aromatic heterocycles. The molecule has 4 rings (SSSR count). The lowest BCUT2D eigenvalue weighted by Gasteiger charge is -2.30. The van der Waals surface area contributed by atoms with Crippen molar-refractivity contribution in [2.24, 2.45) is 0 Å². The van der Waals surface area contributed by atoms with Crippen molar-refractivity contribution in [2.45, 2.75) is 11.5 Å². The number of carbonyl (C=O) groups excluding carboxylic acids is 1. The van der Waals surface area contributed by atoms with Gasteiger partial charge in [0.2, 0.25) is 0 Å². The zero-order valence-electron chi connectivity index (χ0n) is 15.1. The van der Waals surface area contributed by atoms with Crippen LogP contribution in [0, 0.1) is 0 Å². The largest absolute Gasteiger partial charge is 0.374 e. The van der Waals surface area contributed by atoms with Gasteiger partial charge in [0.25, 0.3) is 5.91 Å². The van der Waals surface area contributed by atoms with Crippen molar-refractivity contribution in [2.75, 3.05) is 11.9 Å². The van der Waals surface area contributed by atoms with Gasteiger partial charge in [-0.25, -0.2) is 0 Å². The molecule has 0 spiro atoms. The standard InChI is InChI=1S/C24H21NO2/c1-25-22-15-9-8-14-21(22)24(27,23(25)26)20(19-12-6-3-7-13-19)17-16-18-10-4-2-5-11-18/h2-17,20,27H,1H3/b17-16+/t20-,24-/m0/s1. The van der Waals surface area contributed by atoms with Gasteiger partial charge in [-0.3, -0.25) is 4.79 Å². The zero-order valence-corrected chi connectivity index (χ0v) is 15.1. The van der Waals surface area contributed by atoms with Crippen molar-refractivity contribution in [1.29, 1.82) is 0 Å². The zero-order chi connectivity index (χ0) is 18.9. The molecule has 2 atom stereocenters. The van der Waals surface area contributed by atoms with Gasteiger partial charge in [-0.05, 0) is 17.2 Å². The molecule has 1 heterocycles. The first-order chi connectivity index (χ1) is 13.1. The van der Waals surface area contributed by atoms with Crippen LogP contribution >= 0.6 is 0 Å². The van der Waals surface area contributed by atoms with Gasteiger partial charge in [0.1, 0.15) is 0 Å². The third-order valence-electron chi connectivity index (χ3n) is 5.20. The smallest absolute Gasteiger partial charge is 0.264 e. The van der Waals surface area contributed by atoms with Crippen LogP contribution in [0.3, 0.4) is 0 Å². The number of likely N-dealkylation sites (N-methyl/N-ethyl adjacent to an activating group) is 1. The van der Waals surface area contributed by atoms with Crippen molar-refractivity contribution in [3.63, 3.8) is 0 Å². The molecule has 0 unspecified atom stereocenters. The molecule has 3 nitrogen and oxygen atoms in total. The molecule has 0 fully saturated rings. The monoisotopic (exact) mass is 355 g/mol. The third kappa shape index (κ3) is 2.86. The molecule has 3 aromatic rings. The summed E-state index contributed by atoms with van der Waals surface area (Å²) in [6, 6.07) is 27.0. The van der Waals surface area contributed by atoms with Gasteiger partial charge in [0.15, 0.2) is 5.60 Å². The molecule has 1 aliphatic heterocycles. The van der Waals surface area contributed by atoms with Gasteiger partial charge in [-0.15, -0.1) is 0 Å². The number of carbonyl (C=O) groups is 1. The number of benzene rings is 3. The summed E-state index contributed by atoms with van der Waals surface area (Å²) in [7, 11) is 1.71. The summed E-state index contributed by atoms with van der Waals surface area (Å²) in [6.45, 7) is 0. The first-order valence-corrected chi connectivity index (χ1v) is 9.00. The molecule has 0 saturated carbocycles. The Balaban J connectivity index is 1.86. The molecule has 0 bridgehead atoms. The fourth-order valence-corrected chi connectivity index (χ4v) is 3.79. The number of amides is 1. The van der Waals surface area contributed by atoms with Crippen LogP contribution < -0.4 is 4.90 Å². The molecule has 0 radical (unpaired) electrons. The number of rotatable bonds is 4. The number of fused-ring (bicyclic) bond motifs is 1.